The Labute approximate surface area is 165 Å². The molecule has 4 saturated heterocycles. The van der Waals surface area contributed by atoms with E-state index in [-0.39, 0.29) is 37.3 Å². The predicted molar refractivity (Wildman–Crippen MR) is 102 cm³/mol. The van der Waals surface area contributed by atoms with E-state index in [9.17, 15) is 4.79 Å². The molecule has 1 amide bonds. The Morgan fingerprint density at radius 2 is 1.85 bits per heavy atom. The van der Waals surface area contributed by atoms with Gasteiger partial charge in [-0.3, -0.25) is 9.69 Å². The normalized spacial score (nSPS) is 33.3. The molecular formula is C18H25Cl2N3O3. The number of amides is 1. The first-order chi connectivity index (χ1) is 11.8. The Hall–Kier alpha value is -1.21. The van der Waals surface area contributed by atoms with Gasteiger partial charge in [-0.1, -0.05) is 6.07 Å². The summed E-state index contributed by atoms with van der Waals surface area (Å²) in [7, 11) is 0. The fourth-order valence-corrected chi connectivity index (χ4v) is 5.26. The highest BCUT2D eigenvalue weighted by Gasteiger charge is 2.54. The lowest BCUT2D eigenvalue weighted by Gasteiger charge is -2.51. The number of nitrogens with two attached hydrogens (primary N) is 1. The lowest BCUT2D eigenvalue weighted by Crippen LogP contribution is -2.61. The standard InChI is InChI=1S/C18H23N3O3.2ClH/c19-8-16(22)21-9-13(12-1-2-14-15(7-12)24-10-23-14)18-17(21)11-3-5-20(18)6-4-11;;/h1-2,7,11,13,17-18H,3-6,8-10,19H2;2*1H/t13-,17+,18+;;/m0../s1. The van der Waals surface area contributed by atoms with Gasteiger partial charge in [0.05, 0.1) is 12.6 Å². The van der Waals surface area contributed by atoms with Gasteiger partial charge >= 0.3 is 0 Å². The van der Waals surface area contributed by atoms with Crippen LogP contribution in [0.1, 0.15) is 24.3 Å². The lowest BCUT2D eigenvalue weighted by atomic mass is 9.75. The lowest BCUT2D eigenvalue weighted by molar-refractivity contribution is -0.134. The van der Waals surface area contributed by atoms with Gasteiger partial charge in [-0.25, -0.2) is 0 Å². The van der Waals surface area contributed by atoms with Crippen molar-refractivity contribution in [2.75, 3.05) is 33.0 Å². The molecule has 0 unspecified atom stereocenters. The number of rotatable bonds is 2. The van der Waals surface area contributed by atoms with E-state index >= 15 is 0 Å². The third kappa shape index (κ3) is 2.83. The van der Waals surface area contributed by atoms with Crippen LogP contribution in [0.2, 0.25) is 0 Å². The zero-order valence-corrected chi connectivity index (χ0v) is 16.1. The Kier molecular flexibility index (Phi) is 5.58. The summed E-state index contributed by atoms with van der Waals surface area (Å²) in [6, 6.07) is 6.96. The van der Waals surface area contributed by atoms with Gasteiger partial charge in [0.15, 0.2) is 11.5 Å². The first kappa shape index (κ1) is 19.5. The van der Waals surface area contributed by atoms with E-state index in [1.54, 1.807) is 0 Å². The molecule has 0 aliphatic carbocycles. The summed E-state index contributed by atoms with van der Waals surface area (Å²) in [6.45, 7) is 3.46. The zero-order chi connectivity index (χ0) is 16.3. The second-order valence-electron chi connectivity index (χ2n) is 7.32. The number of halogens is 2. The number of hydrogen-bond donors (Lipinski definition) is 1. The molecule has 26 heavy (non-hydrogen) atoms. The van der Waals surface area contributed by atoms with Crippen molar-refractivity contribution in [3.63, 3.8) is 0 Å². The molecule has 144 valence electrons. The Bertz CT molecular complexity index is 682. The first-order valence-corrected chi connectivity index (χ1v) is 8.89. The van der Waals surface area contributed by atoms with Crippen LogP contribution in [0.5, 0.6) is 11.5 Å². The molecule has 0 aromatic heterocycles. The van der Waals surface area contributed by atoms with E-state index in [4.69, 9.17) is 15.2 Å². The van der Waals surface area contributed by atoms with Crippen LogP contribution < -0.4 is 15.2 Å². The summed E-state index contributed by atoms with van der Waals surface area (Å²) >= 11 is 0. The summed E-state index contributed by atoms with van der Waals surface area (Å²) in [6.07, 6.45) is 2.40. The molecule has 4 fully saturated rings. The molecule has 5 aliphatic rings. The van der Waals surface area contributed by atoms with Crippen LogP contribution in [-0.4, -0.2) is 60.8 Å². The molecule has 2 N–H and O–H groups in total. The van der Waals surface area contributed by atoms with E-state index < -0.39 is 0 Å². The minimum atomic E-state index is 0. The van der Waals surface area contributed by atoms with Gasteiger partial charge < -0.3 is 20.1 Å². The van der Waals surface area contributed by atoms with E-state index in [2.05, 4.69) is 21.9 Å². The Morgan fingerprint density at radius 1 is 1.12 bits per heavy atom. The third-order valence-corrected chi connectivity index (χ3v) is 6.31. The number of benzene rings is 1. The molecule has 1 aromatic rings. The van der Waals surface area contributed by atoms with Crippen molar-refractivity contribution in [2.45, 2.75) is 30.8 Å². The average molecular weight is 402 g/mol. The van der Waals surface area contributed by atoms with Crippen molar-refractivity contribution in [1.82, 2.24) is 9.80 Å². The molecule has 8 heteroatoms. The van der Waals surface area contributed by atoms with Crippen LogP contribution in [0.25, 0.3) is 0 Å². The number of ether oxygens (including phenoxy) is 2. The van der Waals surface area contributed by atoms with Crippen molar-refractivity contribution < 1.29 is 14.3 Å². The van der Waals surface area contributed by atoms with E-state index in [0.717, 1.165) is 31.1 Å². The molecule has 0 radical (unpaired) electrons. The maximum absolute atomic E-state index is 12.4. The monoisotopic (exact) mass is 401 g/mol. The third-order valence-electron chi connectivity index (χ3n) is 6.31. The van der Waals surface area contributed by atoms with Gasteiger partial charge in [0, 0.05) is 18.5 Å². The van der Waals surface area contributed by atoms with Crippen molar-refractivity contribution in [3.05, 3.63) is 23.8 Å². The maximum atomic E-state index is 12.4. The average Bonchev–Trinajstić information content (AvgIpc) is 3.27. The number of carbonyl (C=O) groups is 1. The SMILES string of the molecule is Cl.Cl.NCC(=O)N1C[C@@H](c2ccc3c(c2)OCO3)[C@@H]2[C@H]1C1CCN2CC1. The number of likely N-dealkylation sites (tertiary alicyclic amines) is 1. The maximum Gasteiger partial charge on any atom is 0.236 e. The molecule has 0 saturated carbocycles. The van der Waals surface area contributed by atoms with Gasteiger partial charge in [-0.2, -0.15) is 0 Å². The highest BCUT2D eigenvalue weighted by molar-refractivity contribution is 5.85. The van der Waals surface area contributed by atoms with Crippen LogP contribution in [-0.2, 0) is 4.79 Å². The second-order valence-corrected chi connectivity index (χ2v) is 7.32. The molecule has 5 aliphatic heterocycles. The number of piperidine rings is 3. The molecular weight excluding hydrogens is 377 g/mol. The number of carbonyl (C=O) groups excluding carboxylic acids is 1. The molecule has 1 aromatic carbocycles. The van der Waals surface area contributed by atoms with Crippen molar-refractivity contribution in [2.24, 2.45) is 11.7 Å². The predicted octanol–water partition coefficient (Wildman–Crippen LogP) is 1.61. The zero-order valence-electron chi connectivity index (χ0n) is 14.5. The molecule has 6 nitrogen and oxygen atoms in total. The van der Waals surface area contributed by atoms with Crippen LogP contribution in [0, 0.1) is 5.92 Å². The summed E-state index contributed by atoms with van der Waals surface area (Å²) < 4.78 is 11.0. The molecule has 5 heterocycles. The number of fused-ring (bicyclic) bond motifs is 3. The summed E-state index contributed by atoms with van der Waals surface area (Å²) in [5, 5.41) is 0. The van der Waals surface area contributed by atoms with Crippen LogP contribution in [0.3, 0.4) is 0 Å². The van der Waals surface area contributed by atoms with E-state index in [1.165, 1.54) is 18.4 Å². The first-order valence-electron chi connectivity index (χ1n) is 8.89. The van der Waals surface area contributed by atoms with Crippen LogP contribution >= 0.6 is 24.8 Å². The van der Waals surface area contributed by atoms with Gasteiger partial charge in [-0.15, -0.1) is 24.8 Å². The van der Waals surface area contributed by atoms with E-state index in [0.29, 0.717) is 30.7 Å². The van der Waals surface area contributed by atoms with Crippen LogP contribution in [0.4, 0.5) is 0 Å². The Morgan fingerprint density at radius 3 is 2.58 bits per heavy atom. The van der Waals surface area contributed by atoms with Gasteiger partial charge in [0.2, 0.25) is 12.7 Å². The fourth-order valence-electron chi connectivity index (χ4n) is 5.26. The quantitative estimate of drug-likeness (QED) is 0.814. The van der Waals surface area contributed by atoms with Gasteiger partial charge in [0.25, 0.3) is 0 Å². The van der Waals surface area contributed by atoms with Crippen LogP contribution in [0.15, 0.2) is 18.2 Å². The van der Waals surface area contributed by atoms with Crippen molar-refractivity contribution >= 4 is 30.7 Å². The smallest absolute Gasteiger partial charge is 0.236 e. The Balaban J connectivity index is 0.000000980. The summed E-state index contributed by atoms with van der Waals surface area (Å²) in [5.74, 6) is 2.66. The minimum Gasteiger partial charge on any atom is -0.454 e. The molecule has 2 bridgehead atoms. The second kappa shape index (κ2) is 7.43. The largest absolute Gasteiger partial charge is 0.454 e. The molecule has 6 rings (SSSR count). The summed E-state index contributed by atoms with van der Waals surface area (Å²) in [4.78, 5) is 17.1. The number of nitrogens with zero attached hydrogens (tertiary/aromatic N) is 2. The van der Waals surface area contributed by atoms with Gasteiger partial charge in [0.1, 0.15) is 0 Å². The van der Waals surface area contributed by atoms with Crippen molar-refractivity contribution in [3.8, 4) is 11.5 Å². The molecule has 0 spiro atoms. The fraction of sp³-hybridized carbons (Fsp3) is 0.611. The van der Waals surface area contributed by atoms with E-state index in [1.807, 2.05) is 6.07 Å². The highest BCUT2D eigenvalue weighted by atomic mass is 35.5. The highest BCUT2D eigenvalue weighted by Crippen LogP contribution is 2.47. The molecule has 3 atom stereocenters. The minimum absolute atomic E-state index is 0. The number of hydrogen-bond acceptors (Lipinski definition) is 5. The van der Waals surface area contributed by atoms with Gasteiger partial charge in [-0.05, 0) is 49.5 Å². The summed E-state index contributed by atoms with van der Waals surface area (Å²) in [5.41, 5.74) is 6.93. The topological polar surface area (TPSA) is 68.0 Å². The van der Waals surface area contributed by atoms with Crippen molar-refractivity contribution in [1.29, 1.82) is 0 Å².